The Labute approximate surface area is 123 Å². The molecule has 0 atom stereocenters. The van der Waals surface area contributed by atoms with E-state index >= 15 is 0 Å². The number of ketones is 1. The molecular formula is C17H18O4. The van der Waals surface area contributed by atoms with Gasteiger partial charge in [-0.3, -0.25) is 4.79 Å². The number of phenolic OH excluding ortho intramolecular Hbond substituents is 2. The van der Waals surface area contributed by atoms with Crippen LogP contribution >= 0.6 is 0 Å². The monoisotopic (exact) mass is 286 g/mol. The summed E-state index contributed by atoms with van der Waals surface area (Å²) in [6.45, 7) is 2.32. The van der Waals surface area contributed by atoms with Crippen LogP contribution in [0.3, 0.4) is 0 Å². The van der Waals surface area contributed by atoms with Crippen molar-refractivity contribution in [3.63, 3.8) is 0 Å². The first-order chi connectivity index (χ1) is 10.1. The predicted octanol–water partition coefficient (Wildman–Crippen LogP) is 3.31. The molecule has 4 heteroatoms. The van der Waals surface area contributed by atoms with Crippen molar-refractivity contribution in [2.45, 2.75) is 19.8 Å². The van der Waals surface area contributed by atoms with Gasteiger partial charge in [0.05, 0.1) is 6.61 Å². The van der Waals surface area contributed by atoms with Gasteiger partial charge in [-0.25, -0.2) is 0 Å². The van der Waals surface area contributed by atoms with Crippen molar-refractivity contribution in [1.29, 1.82) is 0 Å². The molecule has 0 amide bonds. The fourth-order valence-electron chi connectivity index (χ4n) is 2.03. The van der Waals surface area contributed by atoms with E-state index in [2.05, 4.69) is 0 Å². The zero-order chi connectivity index (χ0) is 15.2. The molecule has 2 aromatic rings. The van der Waals surface area contributed by atoms with Crippen molar-refractivity contribution >= 4 is 5.78 Å². The Morgan fingerprint density at radius 1 is 1.10 bits per heavy atom. The second-order valence-corrected chi connectivity index (χ2v) is 4.71. The number of rotatable bonds is 6. The first-order valence-electron chi connectivity index (χ1n) is 6.87. The molecule has 0 radical (unpaired) electrons. The van der Waals surface area contributed by atoms with E-state index in [1.807, 2.05) is 6.92 Å². The van der Waals surface area contributed by atoms with Crippen molar-refractivity contribution in [3.8, 4) is 17.2 Å². The lowest BCUT2D eigenvalue weighted by atomic mass is 10.0. The van der Waals surface area contributed by atoms with E-state index in [4.69, 9.17) is 4.74 Å². The van der Waals surface area contributed by atoms with E-state index < -0.39 is 0 Å². The van der Waals surface area contributed by atoms with Crippen molar-refractivity contribution in [3.05, 3.63) is 53.6 Å². The SMILES string of the molecule is CCOc1cc(CCC(=O)c2ccc(O)cc2)ccc1O. The number of phenols is 2. The normalized spacial score (nSPS) is 10.3. The van der Waals surface area contributed by atoms with Crippen molar-refractivity contribution < 1.29 is 19.7 Å². The number of carbonyl (C=O) groups is 1. The third-order valence-corrected chi connectivity index (χ3v) is 3.15. The second-order valence-electron chi connectivity index (χ2n) is 4.71. The first kappa shape index (κ1) is 14.9. The number of Topliss-reactive ketones (excluding diaryl/α,β-unsaturated/α-hetero) is 1. The molecule has 0 spiro atoms. The third-order valence-electron chi connectivity index (χ3n) is 3.15. The van der Waals surface area contributed by atoms with Gasteiger partial charge in [0, 0.05) is 12.0 Å². The molecule has 0 aliphatic carbocycles. The minimum atomic E-state index is 0.0148. The van der Waals surface area contributed by atoms with E-state index in [0.717, 1.165) is 5.56 Å². The van der Waals surface area contributed by atoms with E-state index in [0.29, 0.717) is 30.8 Å². The molecule has 0 aliphatic rings. The largest absolute Gasteiger partial charge is 0.508 e. The van der Waals surface area contributed by atoms with Crippen LogP contribution in [-0.2, 0) is 6.42 Å². The minimum absolute atomic E-state index is 0.0148. The van der Waals surface area contributed by atoms with E-state index in [9.17, 15) is 15.0 Å². The molecule has 0 aliphatic heterocycles. The van der Waals surface area contributed by atoms with E-state index in [1.54, 1.807) is 30.3 Å². The van der Waals surface area contributed by atoms with Crippen LogP contribution in [0, 0.1) is 0 Å². The maximum atomic E-state index is 12.0. The molecule has 2 N–H and O–H groups in total. The Bertz CT molecular complexity index is 617. The van der Waals surface area contributed by atoms with Crippen LogP contribution in [-0.4, -0.2) is 22.6 Å². The van der Waals surface area contributed by atoms with Crippen molar-refractivity contribution in [2.24, 2.45) is 0 Å². The fraction of sp³-hybridized carbons (Fsp3) is 0.235. The van der Waals surface area contributed by atoms with Gasteiger partial charge >= 0.3 is 0 Å². The van der Waals surface area contributed by atoms with Gasteiger partial charge in [0.15, 0.2) is 17.3 Å². The summed E-state index contributed by atoms with van der Waals surface area (Å²) in [5.74, 6) is 0.699. The first-order valence-corrected chi connectivity index (χ1v) is 6.87. The maximum absolute atomic E-state index is 12.0. The molecule has 2 aromatic carbocycles. The number of hydrogen-bond donors (Lipinski definition) is 2. The Kier molecular flexibility index (Phi) is 4.82. The van der Waals surface area contributed by atoms with Crippen LogP contribution in [0.25, 0.3) is 0 Å². The second kappa shape index (κ2) is 6.79. The summed E-state index contributed by atoms with van der Waals surface area (Å²) in [6, 6.07) is 11.3. The van der Waals surface area contributed by atoms with Gasteiger partial charge in [-0.1, -0.05) is 6.07 Å². The van der Waals surface area contributed by atoms with E-state index in [-0.39, 0.29) is 17.3 Å². The molecule has 0 saturated heterocycles. The summed E-state index contributed by atoms with van der Waals surface area (Å²) >= 11 is 0. The third kappa shape index (κ3) is 3.99. The zero-order valence-corrected chi connectivity index (χ0v) is 11.9. The zero-order valence-electron chi connectivity index (χ0n) is 11.9. The Morgan fingerprint density at radius 3 is 2.48 bits per heavy atom. The predicted molar refractivity (Wildman–Crippen MR) is 80.0 cm³/mol. The number of aryl methyl sites for hydroxylation is 1. The lowest BCUT2D eigenvalue weighted by Crippen LogP contribution is -2.01. The highest BCUT2D eigenvalue weighted by Gasteiger charge is 2.08. The maximum Gasteiger partial charge on any atom is 0.163 e. The summed E-state index contributed by atoms with van der Waals surface area (Å²) in [7, 11) is 0. The van der Waals surface area contributed by atoms with Crippen molar-refractivity contribution in [1.82, 2.24) is 0 Å². The quantitative estimate of drug-likeness (QED) is 0.799. The van der Waals surface area contributed by atoms with Gasteiger partial charge in [-0.15, -0.1) is 0 Å². The summed E-state index contributed by atoms with van der Waals surface area (Å²) < 4.78 is 5.32. The van der Waals surface area contributed by atoms with Crippen molar-refractivity contribution in [2.75, 3.05) is 6.61 Å². The molecular weight excluding hydrogens is 268 g/mol. The summed E-state index contributed by atoms with van der Waals surface area (Å²) in [4.78, 5) is 12.0. The molecule has 0 saturated carbocycles. The Hall–Kier alpha value is -2.49. The molecule has 0 aromatic heterocycles. The highest BCUT2D eigenvalue weighted by molar-refractivity contribution is 5.96. The van der Waals surface area contributed by atoms with Crippen LogP contribution < -0.4 is 4.74 Å². The van der Waals surface area contributed by atoms with Crippen LogP contribution in [0.1, 0.15) is 29.3 Å². The summed E-state index contributed by atoms with van der Waals surface area (Å²) in [6.07, 6.45) is 0.932. The number of hydrogen-bond acceptors (Lipinski definition) is 4. The lowest BCUT2D eigenvalue weighted by Gasteiger charge is -2.08. The highest BCUT2D eigenvalue weighted by Crippen LogP contribution is 2.27. The van der Waals surface area contributed by atoms with Crippen LogP contribution in [0.15, 0.2) is 42.5 Å². The smallest absolute Gasteiger partial charge is 0.163 e. The van der Waals surface area contributed by atoms with E-state index in [1.165, 1.54) is 12.1 Å². The molecule has 0 bridgehead atoms. The average Bonchev–Trinajstić information content (AvgIpc) is 2.48. The Morgan fingerprint density at radius 2 is 1.81 bits per heavy atom. The molecule has 4 nitrogen and oxygen atoms in total. The molecule has 0 unspecified atom stereocenters. The fourth-order valence-corrected chi connectivity index (χ4v) is 2.03. The Balaban J connectivity index is 2.01. The molecule has 2 rings (SSSR count). The minimum Gasteiger partial charge on any atom is -0.508 e. The van der Waals surface area contributed by atoms with Crippen LogP contribution in [0.5, 0.6) is 17.2 Å². The van der Waals surface area contributed by atoms with Crippen LogP contribution in [0.2, 0.25) is 0 Å². The standard InChI is InChI=1S/C17H18O4/c1-2-21-17-11-12(4-10-16(17)20)3-9-15(19)13-5-7-14(18)8-6-13/h4-8,10-11,18,20H,2-3,9H2,1H3. The van der Waals surface area contributed by atoms with Gasteiger partial charge in [0.2, 0.25) is 0 Å². The lowest BCUT2D eigenvalue weighted by molar-refractivity contribution is 0.0983. The van der Waals surface area contributed by atoms with Gasteiger partial charge < -0.3 is 14.9 Å². The topological polar surface area (TPSA) is 66.8 Å². The number of benzene rings is 2. The van der Waals surface area contributed by atoms with Crippen LogP contribution in [0.4, 0.5) is 0 Å². The molecule has 0 fully saturated rings. The van der Waals surface area contributed by atoms with Gasteiger partial charge in [0.25, 0.3) is 0 Å². The molecule has 0 heterocycles. The van der Waals surface area contributed by atoms with Gasteiger partial charge in [-0.2, -0.15) is 0 Å². The molecule has 21 heavy (non-hydrogen) atoms. The van der Waals surface area contributed by atoms with Gasteiger partial charge in [0.1, 0.15) is 5.75 Å². The summed E-state index contributed by atoms with van der Waals surface area (Å²) in [5, 5.41) is 18.8. The number of carbonyl (C=O) groups excluding carboxylic acids is 1. The highest BCUT2D eigenvalue weighted by atomic mass is 16.5. The summed E-state index contributed by atoms with van der Waals surface area (Å²) in [5.41, 5.74) is 1.51. The molecule has 110 valence electrons. The average molecular weight is 286 g/mol. The number of ether oxygens (including phenoxy) is 1. The van der Waals surface area contributed by atoms with Gasteiger partial charge in [-0.05, 0) is 55.3 Å². The number of aromatic hydroxyl groups is 2.